The lowest BCUT2D eigenvalue weighted by Crippen LogP contribution is -2.51. The first kappa shape index (κ1) is 20.8. The highest BCUT2D eigenvalue weighted by atomic mass is 32.2. The van der Waals surface area contributed by atoms with Gasteiger partial charge < -0.3 is 9.80 Å². The van der Waals surface area contributed by atoms with Gasteiger partial charge in [0, 0.05) is 39.1 Å². The minimum atomic E-state index is -3.47. The summed E-state index contributed by atoms with van der Waals surface area (Å²) >= 11 is 0. The zero-order valence-electron chi connectivity index (χ0n) is 15.5. The van der Waals surface area contributed by atoms with Gasteiger partial charge in [0.05, 0.1) is 5.75 Å². The Hall–Kier alpha value is -1.51. The molecule has 2 rings (SSSR count). The van der Waals surface area contributed by atoms with Crippen molar-refractivity contribution in [1.82, 2.24) is 14.1 Å². The predicted molar refractivity (Wildman–Crippen MR) is 99.6 cm³/mol. The van der Waals surface area contributed by atoms with Crippen molar-refractivity contribution in [2.24, 2.45) is 0 Å². The zero-order chi connectivity index (χ0) is 19.2. The molecule has 1 aromatic carbocycles. The molecule has 1 fully saturated rings. The van der Waals surface area contributed by atoms with Crippen molar-refractivity contribution in [3.63, 3.8) is 0 Å². The molecule has 1 aliphatic heterocycles. The van der Waals surface area contributed by atoms with Crippen molar-refractivity contribution in [2.75, 3.05) is 45.8 Å². The van der Waals surface area contributed by atoms with Gasteiger partial charge in [-0.15, -0.1) is 0 Å². The van der Waals surface area contributed by atoms with E-state index in [4.69, 9.17) is 0 Å². The van der Waals surface area contributed by atoms with Crippen molar-refractivity contribution >= 4 is 15.9 Å². The fourth-order valence-electron chi connectivity index (χ4n) is 3.05. The predicted octanol–water partition coefficient (Wildman–Crippen LogP) is 1.53. The van der Waals surface area contributed by atoms with Crippen LogP contribution in [0.5, 0.6) is 0 Å². The van der Waals surface area contributed by atoms with Crippen LogP contribution in [0.15, 0.2) is 24.3 Å². The molecule has 1 saturated heterocycles. The van der Waals surface area contributed by atoms with E-state index in [0.717, 1.165) is 19.6 Å². The highest BCUT2D eigenvalue weighted by Gasteiger charge is 2.28. The lowest BCUT2D eigenvalue weighted by atomic mass is 10.2. The summed E-state index contributed by atoms with van der Waals surface area (Å²) in [5.41, 5.74) is 0.559. The highest BCUT2D eigenvalue weighted by Crippen LogP contribution is 2.15. The highest BCUT2D eigenvalue weighted by molar-refractivity contribution is 7.88. The van der Waals surface area contributed by atoms with Crippen molar-refractivity contribution in [2.45, 2.75) is 26.0 Å². The van der Waals surface area contributed by atoms with Gasteiger partial charge in [-0.2, -0.15) is 4.31 Å². The van der Waals surface area contributed by atoms with Gasteiger partial charge in [0.25, 0.3) is 0 Å². The molecular formula is C18H28FN3O3S. The fourth-order valence-corrected chi connectivity index (χ4v) is 4.57. The van der Waals surface area contributed by atoms with E-state index in [2.05, 4.69) is 18.7 Å². The summed E-state index contributed by atoms with van der Waals surface area (Å²) in [5.74, 6) is -0.459. The van der Waals surface area contributed by atoms with Crippen LogP contribution < -0.4 is 0 Å². The molecule has 0 saturated carbocycles. The van der Waals surface area contributed by atoms with Crippen LogP contribution in [-0.4, -0.2) is 74.2 Å². The number of nitrogens with zero attached hydrogens (tertiary/aromatic N) is 3. The van der Waals surface area contributed by atoms with E-state index in [9.17, 15) is 17.6 Å². The van der Waals surface area contributed by atoms with Gasteiger partial charge in [-0.05, 0) is 30.8 Å². The lowest BCUT2D eigenvalue weighted by molar-refractivity contribution is -0.132. The van der Waals surface area contributed by atoms with Crippen molar-refractivity contribution in [3.05, 3.63) is 35.6 Å². The summed E-state index contributed by atoms with van der Waals surface area (Å²) in [4.78, 5) is 16.2. The Morgan fingerprint density at radius 3 is 2.19 bits per heavy atom. The van der Waals surface area contributed by atoms with E-state index < -0.39 is 10.0 Å². The number of amides is 1. The molecule has 0 spiro atoms. The summed E-state index contributed by atoms with van der Waals surface area (Å²) in [6.07, 6.45) is 0.462. The molecule has 0 bridgehead atoms. The van der Waals surface area contributed by atoms with Gasteiger partial charge >= 0.3 is 0 Å². The molecule has 26 heavy (non-hydrogen) atoms. The van der Waals surface area contributed by atoms with Gasteiger partial charge in [-0.25, -0.2) is 12.8 Å². The largest absolute Gasteiger partial charge is 0.340 e. The Labute approximate surface area is 155 Å². The summed E-state index contributed by atoms with van der Waals surface area (Å²) in [7, 11) is -3.47. The van der Waals surface area contributed by atoms with E-state index in [-0.39, 0.29) is 17.5 Å². The monoisotopic (exact) mass is 385 g/mol. The molecule has 1 aromatic rings. The van der Waals surface area contributed by atoms with Crippen molar-refractivity contribution < 1.29 is 17.6 Å². The Morgan fingerprint density at radius 2 is 1.65 bits per heavy atom. The van der Waals surface area contributed by atoms with Crippen LogP contribution in [-0.2, 0) is 20.6 Å². The van der Waals surface area contributed by atoms with E-state index in [1.54, 1.807) is 4.90 Å². The van der Waals surface area contributed by atoms with E-state index in [0.29, 0.717) is 38.2 Å². The van der Waals surface area contributed by atoms with Crippen molar-refractivity contribution in [1.29, 1.82) is 0 Å². The minimum absolute atomic E-state index is 0.0764. The number of hydrogen-bond acceptors (Lipinski definition) is 4. The number of benzene rings is 1. The lowest BCUT2D eigenvalue weighted by Gasteiger charge is -2.34. The topological polar surface area (TPSA) is 60.9 Å². The first-order valence-electron chi connectivity index (χ1n) is 9.08. The Bertz CT molecular complexity index is 682. The molecular weight excluding hydrogens is 357 g/mol. The standard InChI is InChI=1S/C18H28FN3O3S/c1-3-20(4-2)10-9-18(23)21-11-13-22(14-12-21)26(24,25)15-16-5-7-17(19)8-6-16/h5-8H,3-4,9-15H2,1-2H3. The minimum Gasteiger partial charge on any atom is -0.340 e. The van der Waals surface area contributed by atoms with E-state index in [1.165, 1.54) is 28.6 Å². The van der Waals surface area contributed by atoms with Gasteiger partial charge in [-0.3, -0.25) is 4.79 Å². The van der Waals surface area contributed by atoms with Gasteiger partial charge in [0.15, 0.2) is 0 Å². The van der Waals surface area contributed by atoms with Gasteiger partial charge in [0.2, 0.25) is 15.9 Å². The number of piperazine rings is 1. The number of hydrogen-bond donors (Lipinski definition) is 0. The number of rotatable bonds is 8. The molecule has 0 N–H and O–H groups in total. The van der Waals surface area contributed by atoms with Crippen molar-refractivity contribution in [3.8, 4) is 0 Å². The number of sulfonamides is 1. The molecule has 6 nitrogen and oxygen atoms in total. The van der Waals surface area contributed by atoms with Crippen LogP contribution in [0.4, 0.5) is 4.39 Å². The maximum Gasteiger partial charge on any atom is 0.223 e. The average Bonchev–Trinajstić information content (AvgIpc) is 2.64. The molecule has 0 radical (unpaired) electrons. The zero-order valence-corrected chi connectivity index (χ0v) is 16.3. The fraction of sp³-hybridized carbons (Fsp3) is 0.611. The smallest absolute Gasteiger partial charge is 0.223 e. The van der Waals surface area contributed by atoms with E-state index >= 15 is 0 Å². The molecule has 0 atom stereocenters. The Morgan fingerprint density at radius 1 is 1.08 bits per heavy atom. The molecule has 0 unspecified atom stereocenters. The molecule has 0 aromatic heterocycles. The second-order valence-electron chi connectivity index (χ2n) is 6.44. The maximum absolute atomic E-state index is 13.0. The van der Waals surface area contributed by atoms with Crippen LogP contribution in [0.1, 0.15) is 25.8 Å². The van der Waals surface area contributed by atoms with Gasteiger partial charge in [-0.1, -0.05) is 26.0 Å². The third-order valence-electron chi connectivity index (χ3n) is 4.78. The van der Waals surface area contributed by atoms with Gasteiger partial charge in [0.1, 0.15) is 5.82 Å². The van der Waals surface area contributed by atoms with Crippen LogP contribution >= 0.6 is 0 Å². The molecule has 1 aliphatic rings. The summed E-state index contributed by atoms with van der Waals surface area (Å²) in [6, 6.07) is 5.49. The summed E-state index contributed by atoms with van der Waals surface area (Å²) in [6.45, 7) is 8.14. The summed E-state index contributed by atoms with van der Waals surface area (Å²) in [5, 5.41) is 0. The van der Waals surface area contributed by atoms with Crippen LogP contribution in [0.2, 0.25) is 0 Å². The van der Waals surface area contributed by atoms with Crippen LogP contribution in [0.25, 0.3) is 0 Å². The third-order valence-corrected chi connectivity index (χ3v) is 6.63. The summed E-state index contributed by atoms with van der Waals surface area (Å²) < 4.78 is 39.4. The quantitative estimate of drug-likeness (QED) is 0.681. The molecule has 146 valence electrons. The average molecular weight is 386 g/mol. The molecule has 8 heteroatoms. The number of carbonyl (C=O) groups is 1. The van der Waals surface area contributed by atoms with E-state index in [1.807, 2.05) is 0 Å². The first-order valence-corrected chi connectivity index (χ1v) is 10.7. The molecule has 1 heterocycles. The number of halogens is 1. The van der Waals surface area contributed by atoms with Crippen LogP contribution in [0, 0.1) is 5.82 Å². The van der Waals surface area contributed by atoms with Crippen LogP contribution in [0.3, 0.4) is 0 Å². The molecule has 0 aliphatic carbocycles. The maximum atomic E-state index is 13.0. The Balaban J connectivity index is 1.84. The molecule has 1 amide bonds. The third kappa shape index (κ3) is 5.75. The Kier molecular flexibility index (Phi) is 7.55. The first-order chi connectivity index (χ1) is 12.4. The number of carbonyl (C=O) groups excluding carboxylic acids is 1. The normalized spacial score (nSPS) is 16.2. The SMILES string of the molecule is CCN(CC)CCC(=O)N1CCN(S(=O)(=O)Cc2ccc(F)cc2)CC1. The second kappa shape index (κ2) is 9.43. The second-order valence-corrected chi connectivity index (χ2v) is 8.41.